The van der Waals surface area contributed by atoms with Crippen LogP contribution in [-0.4, -0.2) is 31.7 Å². The summed E-state index contributed by atoms with van der Waals surface area (Å²) in [6.07, 6.45) is 0.329. The molecule has 1 aromatic carbocycles. The molecule has 2 rings (SSSR count). The standard InChI is InChI=1S/C13H17FN2O2/c1-9-2-3-10(14)6-12(9)16-13(17)7-11-8-18-5-4-15-11/h2-3,6,11,15H,4-5,7-8H2,1H3,(H,16,17). The number of hydrogen-bond acceptors (Lipinski definition) is 3. The summed E-state index contributed by atoms with van der Waals surface area (Å²) in [4.78, 5) is 11.8. The highest BCUT2D eigenvalue weighted by Crippen LogP contribution is 2.16. The SMILES string of the molecule is Cc1ccc(F)cc1NC(=O)CC1COCCN1. The second kappa shape index (κ2) is 5.93. The van der Waals surface area contributed by atoms with Crippen molar-refractivity contribution in [3.63, 3.8) is 0 Å². The van der Waals surface area contributed by atoms with Crippen LogP contribution in [0.3, 0.4) is 0 Å². The lowest BCUT2D eigenvalue weighted by Gasteiger charge is -2.23. The Labute approximate surface area is 106 Å². The number of ether oxygens (including phenoxy) is 1. The molecule has 1 heterocycles. The number of carbonyl (C=O) groups is 1. The number of carbonyl (C=O) groups excluding carboxylic acids is 1. The summed E-state index contributed by atoms with van der Waals surface area (Å²) in [7, 11) is 0. The van der Waals surface area contributed by atoms with Crippen LogP contribution in [0.4, 0.5) is 10.1 Å². The molecule has 1 saturated heterocycles. The van der Waals surface area contributed by atoms with E-state index in [9.17, 15) is 9.18 Å². The zero-order chi connectivity index (χ0) is 13.0. The summed E-state index contributed by atoms with van der Waals surface area (Å²) in [5, 5.41) is 5.93. The molecule has 1 amide bonds. The van der Waals surface area contributed by atoms with Crippen LogP contribution in [0.15, 0.2) is 18.2 Å². The van der Waals surface area contributed by atoms with E-state index < -0.39 is 0 Å². The Balaban J connectivity index is 1.92. The van der Waals surface area contributed by atoms with Crippen LogP contribution in [0, 0.1) is 12.7 Å². The molecule has 0 saturated carbocycles. The monoisotopic (exact) mass is 252 g/mol. The van der Waals surface area contributed by atoms with E-state index in [1.807, 2.05) is 6.92 Å². The van der Waals surface area contributed by atoms with Gasteiger partial charge >= 0.3 is 0 Å². The van der Waals surface area contributed by atoms with Crippen molar-refractivity contribution in [2.75, 3.05) is 25.1 Å². The minimum Gasteiger partial charge on any atom is -0.378 e. The number of nitrogens with one attached hydrogen (secondary N) is 2. The summed E-state index contributed by atoms with van der Waals surface area (Å²) in [6, 6.07) is 4.39. The summed E-state index contributed by atoms with van der Waals surface area (Å²) >= 11 is 0. The number of aryl methyl sites for hydroxylation is 1. The van der Waals surface area contributed by atoms with Gasteiger partial charge in [-0.2, -0.15) is 0 Å². The molecular formula is C13H17FN2O2. The Hall–Kier alpha value is -1.46. The van der Waals surface area contributed by atoms with Gasteiger partial charge in [-0.1, -0.05) is 6.07 Å². The third kappa shape index (κ3) is 3.51. The zero-order valence-electron chi connectivity index (χ0n) is 10.3. The van der Waals surface area contributed by atoms with Gasteiger partial charge in [0, 0.05) is 24.7 Å². The number of morpholine rings is 1. The first kappa shape index (κ1) is 13.0. The first-order valence-electron chi connectivity index (χ1n) is 6.02. The molecule has 1 aliphatic rings. The molecule has 4 nitrogen and oxygen atoms in total. The average Bonchev–Trinajstić information content (AvgIpc) is 2.35. The van der Waals surface area contributed by atoms with Gasteiger partial charge in [0.15, 0.2) is 0 Å². The molecule has 1 fully saturated rings. The van der Waals surface area contributed by atoms with E-state index in [1.165, 1.54) is 12.1 Å². The average molecular weight is 252 g/mol. The largest absolute Gasteiger partial charge is 0.378 e. The van der Waals surface area contributed by atoms with Crippen LogP contribution < -0.4 is 10.6 Å². The lowest BCUT2D eigenvalue weighted by molar-refractivity contribution is -0.117. The Bertz CT molecular complexity index is 431. The van der Waals surface area contributed by atoms with Gasteiger partial charge < -0.3 is 15.4 Å². The first-order chi connectivity index (χ1) is 8.65. The highest BCUT2D eigenvalue weighted by atomic mass is 19.1. The van der Waals surface area contributed by atoms with E-state index in [0.717, 1.165) is 12.1 Å². The molecule has 1 atom stereocenters. The lowest BCUT2D eigenvalue weighted by atomic mass is 10.1. The molecule has 0 aromatic heterocycles. The van der Waals surface area contributed by atoms with Gasteiger partial charge in [-0.05, 0) is 24.6 Å². The van der Waals surface area contributed by atoms with Crippen molar-refractivity contribution in [2.45, 2.75) is 19.4 Å². The van der Waals surface area contributed by atoms with E-state index in [2.05, 4.69) is 10.6 Å². The minimum absolute atomic E-state index is 0.0348. The predicted molar refractivity (Wildman–Crippen MR) is 67.0 cm³/mol. The van der Waals surface area contributed by atoms with Crippen LogP contribution in [0.2, 0.25) is 0 Å². The Morgan fingerprint density at radius 3 is 3.17 bits per heavy atom. The fraction of sp³-hybridized carbons (Fsp3) is 0.462. The molecule has 18 heavy (non-hydrogen) atoms. The van der Waals surface area contributed by atoms with E-state index in [0.29, 0.717) is 25.3 Å². The van der Waals surface area contributed by atoms with Gasteiger partial charge in [-0.3, -0.25) is 4.79 Å². The molecule has 2 N–H and O–H groups in total. The van der Waals surface area contributed by atoms with Crippen molar-refractivity contribution in [1.29, 1.82) is 0 Å². The molecule has 1 unspecified atom stereocenters. The van der Waals surface area contributed by atoms with E-state index >= 15 is 0 Å². The fourth-order valence-corrected chi connectivity index (χ4v) is 1.90. The number of benzene rings is 1. The van der Waals surface area contributed by atoms with Crippen LogP contribution in [0.5, 0.6) is 0 Å². The molecule has 0 radical (unpaired) electrons. The maximum absolute atomic E-state index is 13.1. The lowest BCUT2D eigenvalue weighted by Crippen LogP contribution is -2.43. The van der Waals surface area contributed by atoms with Gasteiger partial charge in [0.25, 0.3) is 0 Å². The van der Waals surface area contributed by atoms with Gasteiger partial charge in [0.2, 0.25) is 5.91 Å². The Kier molecular flexibility index (Phi) is 4.28. The molecule has 98 valence electrons. The molecule has 1 aliphatic heterocycles. The second-order valence-electron chi connectivity index (χ2n) is 4.44. The summed E-state index contributed by atoms with van der Waals surface area (Å²) < 4.78 is 18.3. The van der Waals surface area contributed by atoms with E-state index in [-0.39, 0.29) is 17.8 Å². The zero-order valence-corrected chi connectivity index (χ0v) is 10.3. The maximum atomic E-state index is 13.1. The van der Waals surface area contributed by atoms with Crippen molar-refractivity contribution in [3.05, 3.63) is 29.6 Å². The number of amides is 1. The number of halogens is 1. The Morgan fingerprint density at radius 2 is 2.44 bits per heavy atom. The normalized spacial score (nSPS) is 19.6. The maximum Gasteiger partial charge on any atom is 0.226 e. The minimum atomic E-state index is -0.352. The van der Waals surface area contributed by atoms with Crippen LogP contribution >= 0.6 is 0 Å². The number of rotatable bonds is 3. The second-order valence-corrected chi connectivity index (χ2v) is 4.44. The number of hydrogen-bond donors (Lipinski definition) is 2. The highest BCUT2D eigenvalue weighted by Gasteiger charge is 2.17. The molecule has 0 aliphatic carbocycles. The van der Waals surface area contributed by atoms with E-state index in [1.54, 1.807) is 6.07 Å². The van der Waals surface area contributed by atoms with Crippen LogP contribution in [0.25, 0.3) is 0 Å². The fourth-order valence-electron chi connectivity index (χ4n) is 1.90. The van der Waals surface area contributed by atoms with Gasteiger partial charge in [0.05, 0.1) is 13.2 Å². The van der Waals surface area contributed by atoms with Gasteiger partial charge in [-0.25, -0.2) is 4.39 Å². The van der Waals surface area contributed by atoms with Crippen LogP contribution in [0.1, 0.15) is 12.0 Å². The third-order valence-corrected chi connectivity index (χ3v) is 2.90. The van der Waals surface area contributed by atoms with E-state index in [4.69, 9.17) is 4.74 Å². The Morgan fingerprint density at radius 1 is 1.61 bits per heavy atom. The van der Waals surface area contributed by atoms with Crippen molar-refractivity contribution in [1.82, 2.24) is 5.32 Å². The quantitative estimate of drug-likeness (QED) is 0.856. The molecule has 0 spiro atoms. The number of anilines is 1. The van der Waals surface area contributed by atoms with Crippen molar-refractivity contribution >= 4 is 11.6 Å². The van der Waals surface area contributed by atoms with Crippen LogP contribution in [-0.2, 0) is 9.53 Å². The molecule has 5 heteroatoms. The van der Waals surface area contributed by atoms with Crippen molar-refractivity contribution in [2.24, 2.45) is 0 Å². The highest BCUT2D eigenvalue weighted by molar-refractivity contribution is 5.91. The predicted octanol–water partition coefficient (Wildman–Crippen LogP) is 1.45. The first-order valence-corrected chi connectivity index (χ1v) is 6.02. The summed E-state index contributed by atoms with van der Waals surface area (Å²) in [5.41, 5.74) is 1.37. The van der Waals surface area contributed by atoms with Crippen molar-refractivity contribution < 1.29 is 13.9 Å². The summed E-state index contributed by atoms with van der Waals surface area (Å²) in [6.45, 7) is 3.81. The topological polar surface area (TPSA) is 50.4 Å². The summed E-state index contributed by atoms with van der Waals surface area (Å²) in [5.74, 6) is -0.485. The molecular weight excluding hydrogens is 235 g/mol. The molecule has 0 bridgehead atoms. The smallest absolute Gasteiger partial charge is 0.226 e. The van der Waals surface area contributed by atoms with Crippen molar-refractivity contribution in [3.8, 4) is 0 Å². The molecule has 1 aromatic rings. The van der Waals surface area contributed by atoms with Gasteiger partial charge in [-0.15, -0.1) is 0 Å². The van der Waals surface area contributed by atoms with Gasteiger partial charge in [0.1, 0.15) is 5.82 Å². The third-order valence-electron chi connectivity index (χ3n) is 2.90.